The molecule has 162 valence electrons. The first-order valence-corrected chi connectivity index (χ1v) is 10.8. The van der Waals surface area contributed by atoms with Gasteiger partial charge in [0.1, 0.15) is 0 Å². The minimum atomic E-state index is 0. The predicted molar refractivity (Wildman–Crippen MR) is 129 cm³/mol. The monoisotopic (exact) mass is 514 g/mol. The molecule has 0 atom stereocenters. The Labute approximate surface area is 191 Å². The first kappa shape index (κ1) is 23.9. The molecule has 2 N–H and O–H groups in total. The fraction of sp³-hybridized carbons (Fsp3) is 0.636. The molecule has 1 aromatic carbocycles. The number of carbonyl (C=O) groups excluding carboxylic acids is 1. The topological polar surface area (TPSA) is 66.0 Å². The summed E-state index contributed by atoms with van der Waals surface area (Å²) >= 11 is 0. The highest BCUT2D eigenvalue weighted by Gasteiger charge is 2.21. The lowest BCUT2D eigenvalue weighted by atomic mass is 10.2. The number of halogens is 1. The van der Waals surface area contributed by atoms with Crippen LogP contribution >= 0.6 is 24.0 Å². The van der Waals surface area contributed by atoms with Crippen molar-refractivity contribution in [2.24, 2.45) is 4.99 Å². The van der Waals surface area contributed by atoms with Crippen LogP contribution < -0.4 is 15.5 Å². The lowest BCUT2D eigenvalue weighted by Gasteiger charge is -2.16. The zero-order valence-electron chi connectivity index (χ0n) is 17.5. The fourth-order valence-electron chi connectivity index (χ4n) is 3.80. The third-order valence-electron chi connectivity index (χ3n) is 5.35. The molecule has 29 heavy (non-hydrogen) atoms. The third kappa shape index (κ3) is 7.77. The Hall–Kier alpha value is -1.35. The molecule has 2 fully saturated rings. The van der Waals surface area contributed by atoms with E-state index in [1.165, 1.54) is 25.7 Å². The zero-order chi connectivity index (χ0) is 19.6. The van der Waals surface area contributed by atoms with Crippen LogP contribution in [-0.4, -0.2) is 44.2 Å². The van der Waals surface area contributed by atoms with E-state index in [9.17, 15) is 4.79 Å². The minimum absolute atomic E-state index is 0. The SMILES string of the molecule is CCNC(=NCc1ccc(N2CCCC2=O)cc1)NCCCOC1CCCC1.I. The Morgan fingerprint density at radius 3 is 2.59 bits per heavy atom. The van der Waals surface area contributed by atoms with Gasteiger partial charge in [-0.15, -0.1) is 24.0 Å². The van der Waals surface area contributed by atoms with E-state index in [2.05, 4.69) is 34.7 Å². The van der Waals surface area contributed by atoms with Gasteiger partial charge >= 0.3 is 0 Å². The Morgan fingerprint density at radius 1 is 1.17 bits per heavy atom. The van der Waals surface area contributed by atoms with Crippen LogP contribution in [0.4, 0.5) is 5.69 Å². The van der Waals surface area contributed by atoms with Crippen molar-refractivity contribution < 1.29 is 9.53 Å². The van der Waals surface area contributed by atoms with Gasteiger partial charge < -0.3 is 20.3 Å². The van der Waals surface area contributed by atoms with E-state index in [0.29, 0.717) is 19.1 Å². The van der Waals surface area contributed by atoms with Gasteiger partial charge in [-0.1, -0.05) is 25.0 Å². The van der Waals surface area contributed by atoms with Crippen molar-refractivity contribution >= 4 is 41.5 Å². The molecule has 1 aliphatic heterocycles. The lowest BCUT2D eigenvalue weighted by Crippen LogP contribution is -2.38. The van der Waals surface area contributed by atoms with Crippen LogP contribution in [0.5, 0.6) is 0 Å². The van der Waals surface area contributed by atoms with Gasteiger partial charge in [0.25, 0.3) is 0 Å². The number of guanidine groups is 1. The summed E-state index contributed by atoms with van der Waals surface area (Å²) in [6, 6.07) is 8.16. The fourth-order valence-corrected chi connectivity index (χ4v) is 3.80. The highest BCUT2D eigenvalue weighted by atomic mass is 127. The standard InChI is InChI=1S/C22H34N4O2.HI/c1-2-23-22(24-14-6-16-28-20-7-3-4-8-20)25-17-18-10-12-19(13-11-18)26-15-5-9-21(26)27;/h10-13,20H,2-9,14-17H2,1H3,(H2,23,24,25);1H. The number of hydrogen-bond acceptors (Lipinski definition) is 3. The molecule has 7 heteroatoms. The molecular weight excluding hydrogens is 479 g/mol. The van der Waals surface area contributed by atoms with Crippen molar-refractivity contribution in [3.05, 3.63) is 29.8 Å². The Kier molecular flexibility index (Phi) is 10.8. The smallest absolute Gasteiger partial charge is 0.227 e. The van der Waals surface area contributed by atoms with Gasteiger partial charge in [-0.05, 0) is 50.3 Å². The van der Waals surface area contributed by atoms with E-state index >= 15 is 0 Å². The van der Waals surface area contributed by atoms with Gasteiger partial charge in [0.05, 0.1) is 12.6 Å². The summed E-state index contributed by atoms with van der Waals surface area (Å²) in [6.07, 6.45) is 8.17. The maximum Gasteiger partial charge on any atom is 0.227 e. The second-order valence-electron chi connectivity index (χ2n) is 7.57. The number of aliphatic imine (C=N–C) groups is 1. The summed E-state index contributed by atoms with van der Waals surface area (Å²) in [4.78, 5) is 18.4. The van der Waals surface area contributed by atoms with E-state index in [1.807, 2.05) is 17.0 Å². The number of nitrogens with one attached hydrogen (secondary N) is 2. The van der Waals surface area contributed by atoms with Crippen LogP contribution in [-0.2, 0) is 16.1 Å². The van der Waals surface area contributed by atoms with E-state index < -0.39 is 0 Å². The van der Waals surface area contributed by atoms with Crippen LogP contribution in [0.25, 0.3) is 0 Å². The van der Waals surface area contributed by atoms with Crippen LogP contribution in [0, 0.1) is 0 Å². The molecule has 1 saturated heterocycles. The van der Waals surface area contributed by atoms with Gasteiger partial charge in [0.2, 0.25) is 5.91 Å². The average molecular weight is 514 g/mol. The number of hydrogen-bond donors (Lipinski definition) is 2. The maximum atomic E-state index is 11.8. The quantitative estimate of drug-likeness (QED) is 0.228. The van der Waals surface area contributed by atoms with Crippen molar-refractivity contribution in [3.8, 4) is 0 Å². The van der Waals surface area contributed by atoms with Gasteiger partial charge in [0, 0.05) is 38.3 Å². The molecule has 0 unspecified atom stereocenters. The Balaban J connectivity index is 0.00000300. The van der Waals surface area contributed by atoms with Crippen LogP contribution in [0.3, 0.4) is 0 Å². The van der Waals surface area contributed by atoms with Gasteiger partial charge in [-0.3, -0.25) is 4.79 Å². The number of benzene rings is 1. The highest BCUT2D eigenvalue weighted by molar-refractivity contribution is 14.0. The molecule has 1 saturated carbocycles. The third-order valence-corrected chi connectivity index (χ3v) is 5.35. The van der Waals surface area contributed by atoms with Crippen molar-refractivity contribution in [2.75, 3.05) is 31.1 Å². The second kappa shape index (κ2) is 13.1. The molecule has 0 bridgehead atoms. The van der Waals surface area contributed by atoms with E-state index in [1.54, 1.807) is 0 Å². The molecule has 2 aliphatic rings. The first-order valence-electron chi connectivity index (χ1n) is 10.8. The number of nitrogens with zero attached hydrogens (tertiary/aromatic N) is 2. The number of amides is 1. The van der Waals surface area contributed by atoms with Gasteiger partial charge in [-0.2, -0.15) is 0 Å². The number of carbonyl (C=O) groups is 1. The lowest BCUT2D eigenvalue weighted by molar-refractivity contribution is -0.117. The van der Waals surface area contributed by atoms with Gasteiger partial charge in [0.15, 0.2) is 5.96 Å². The second-order valence-corrected chi connectivity index (χ2v) is 7.57. The summed E-state index contributed by atoms with van der Waals surface area (Å²) in [7, 11) is 0. The van der Waals surface area contributed by atoms with Crippen molar-refractivity contribution in [1.29, 1.82) is 0 Å². The molecule has 0 radical (unpaired) electrons. The number of anilines is 1. The molecule has 3 rings (SSSR count). The summed E-state index contributed by atoms with van der Waals surface area (Å²) in [5.74, 6) is 1.06. The van der Waals surface area contributed by atoms with Crippen molar-refractivity contribution in [3.63, 3.8) is 0 Å². The Bertz CT molecular complexity index is 645. The van der Waals surface area contributed by atoms with Crippen molar-refractivity contribution in [2.45, 2.75) is 64.5 Å². The molecule has 1 aromatic rings. The Morgan fingerprint density at radius 2 is 1.93 bits per heavy atom. The number of rotatable bonds is 9. The summed E-state index contributed by atoms with van der Waals surface area (Å²) in [5, 5.41) is 6.68. The van der Waals surface area contributed by atoms with E-state index in [4.69, 9.17) is 4.74 Å². The minimum Gasteiger partial charge on any atom is -0.378 e. The average Bonchev–Trinajstić information content (AvgIpc) is 3.38. The summed E-state index contributed by atoms with van der Waals surface area (Å²) in [5.41, 5.74) is 2.12. The van der Waals surface area contributed by atoms with Crippen LogP contribution in [0.2, 0.25) is 0 Å². The number of ether oxygens (including phenoxy) is 1. The van der Waals surface area contributed by atoms with E-state index in [0.717, 1.165) is 56.3 Å². The van der Waals surface area contributed by atoms with Gasteiger partial charge in [-0.25, -0.2) is 4.99 Å². The molecule has 6 nitrogen and oxygen atoms in total. The maximum absolute atomic E-state index is 11.8. The molecule has 0 spiro atoms. The first-order chi connectivity index (χ1) is 13.8. The summed E-state index contributed by atoms with van der Waals surface area (Å²) < 4.78 is 5.91. The van der Waals surface area contributed by atoms with E-state index in [-0.39, 0.29) is 29.9 Å². The summed E-state index contributed by atoms with van der Waals surface area (Å²) in [6.45, 7) is 6.02. The molecule has 1 heterocycles. The predicted octanol–water partition coefficient (Wildman–Crippen LogP) is 3.84. The molecule has 1 aliphatic carbocycles. The normalized spacial score (nSPS) is 17.5. The molecular formula is C22H35IN4O2. The molecule has 0 aromatic heterocycles. The van der Waals surface area contributed by atoms with Crippen LogP contribution in [0.15, 0.2) is 29.3 Å². The van der Waals surface area contributed by atoms with Crippen molar-refractivity contribution in [1.82, 2.24) is 10.6 Å². The molecule has 1 amide bonds. The zero-order valence-corrected chi connectivity index (χ0v) is 19.8. The van der Waals surface area contributed by atoms with Crippen LogP contribution in [0.1, 0.15) is 57.4 Å². The highest BCUT2D eigenvalue weighted by Crippen LogP contribution is 2.22. The largest absolute Gasteiger partial charge is 0.378 e.